The first-order chi connectivity index (χ1) is 11.8. The molecule has 0 aromatic heterocycles. The number of hydrazine groups is 1. The zero-order valence-corrected chi connectivity index (χ0v) is 17.1. The van der Waals surface area contributed by atoms with E-state index in [9.17, 15) is 0 Å². The Morgan fingerprint density at radius 3 is 1.84 bits per heavy atom. The van der Waals surface area contributed by atoms with E-state index in [1.54, 1.807) is 12.1 Å². The van der Waals surface area contributed by atoms with Crippen LogP contribution in [0.3, 0.4) is 0 Å². The van der Waals surface area contributed by atoms with Crippen LogP contribution in [-0.2, 0) is 0 Å². The molecule has 0 atom stereocenters. The van der Waals surface area contributed by atoms with Gasteiger partial charge < -0.3 is 10.6 Å². The minimum Gasteiger partial charge on any atom is -0.331 e. The fourth-order valence-electron chi connectivity index (χ4n) is 1.91. The van der Waals surface area contributed by atoms with Gasteiger partial charge >= 0.3 is 0 Å². The number of halogens is 2. The minimum atomic E-state index is 0.397. The molecule has 2 aromatic carbocycles. The number of nitrogens with one attached hydrogen (secondary N) is 3. The Morgan fingerprint density at radius 2 is 1.36 bits per heavy atom. The molecule has 0 saturated carbocycles. The zero-order chi connectivity index (χ0) is 18.6. The highest BCUT2D eigenvalue weighted by molar-refractivity contribution is 7.81. The molecule has 0 aliphatic heterocycles. The van der Waals surface area contributed by atoms with Gasteiger partial charge in [0.15, 0.2) is 10.2 Å². The van der Waals surface area contributed by atoms with Crippen molar-refractivity contribution < 1.29 is 0 Å². The molecule has 0 aliphatic rings. The summed E-state index contributed by atoms with van der Waals surface area (Å²) >= 11 is 22.9. The third-order valence-electron chi connectivity index (χ3n) is 3.43. The van der Waals surface area contributed by atoms with Crippen molar-refractivity contribution in [2.24, 2.45) is 0 Å². The van der Waals surface area contributed by atoms with Gasteiger partial charge in [-0.3, -0.25) is 10.4 Å². The summed E-state index contributed by atoms with van der Waals surface area (Å²) in [5.74, 6) is 0. The van der Waals surface area contributed by atoms with Crippen LogP contribution in [0.2, 0.25) is 10.0 Å². The maximum atomic E-state index is 6.12. The summed E-state index contributed by atoms with van der Waals surface area (Å²) in [7, 11) is 1.77. The van der Waals surface area contributed by atoms with E-state index >= 15 is 0 Å². The lowest BCUT2D eigenvalue weighted by atomic mass is 10.2. The molecule has 2 aromatic rings. The van der Waals surface area contributed by atoms with Crippen LogP contribution < -0.4 is 16.1 Å². The quantitative estimate of drug-likeness (QED) is 0.468. The van der Waals surface area contributed by atoms with Gasteiger partial charge in [-0.15, -0.1) is 0 Å². The van der Waals surface area contributed by atoms with Crippen LogP contribution in [0.15, 0.2) is 36.4 Å². The molecule has 8 heteroatoms. The number of anilines is 2. The Balaban J connectivity index is 1.92. The maximum Gasteiger partial charge on any atom is 0.192 e. The molecule has 3 N–H and O–H groups in total. The van der Waals surface area contributed by atoms with E-state index in [-0.39, 0.29) is 0 Å². The molecule has 0 amide bonds. The molecule has 25 heavy (non-hydrogen) atoms. The largest absolute Gasteiger partial charge is 0.331 e. The molecule has 0 spiro atoms. The summed E-state index contributed by atoms with van der Waals surface area (Å²) in [4.78, 5) is 0. The average Bonchev–Trinajstić information content (AvgIpc) is 2.54. The number of thiocarbonyl (C=S) groups is 2. The van der Waals surface area contributed by atoms with Crippen LogP contribution in [0.1, 0.15) is 11.1 Å². The van der Waals surface area contributed by atoms with Crippen LogP contribution in [0.5, 0.6) is 0 Å². The summed E-state index contributed by atoms with van der Waals surface area (Å²) in [6, 6.07) is 11.3. The van der Waals surface area contributed by atoms with E-state index in [4.69, 9.17) is 47.6 Å². The first-order valence-electron chi connectivity index (χ1n) is 7.41. The van der Waals surface area contributed by atoms with E-state index < -0.39 is 0 Å². The highest BCUT2D eigenvalue weighted by Gasteiger charge is 2.08. The number of benzene rings is 2. The zero-order valence-electron chi connectivity index (χ0n) is 14.0. The lowest BCUT2D eigenvalue weighted by Gasteiger charge is -2.23. The first-order valence-corrected chi connectivity index (χ1v) is 8.98. The van der Waals surface area contributed by atoms with Crippen molar-refractivity contribution >= 4 is 69.2 Å². The molecular formula is C17H18Cl2N4S2. The predicted octanol–water partition coefficient (Wildman–Crippen LogP) is 5.14. The van der Waals surface area contributed by atoms with Crippen LogP contribution in [0.4, 0.5) is 11.4 Å². The summed E-state index contributed by atoms with van der Waals surface area (Å²) in [5, 5.41) is 9.96. The Bertz CT molecular complexity index is 811. The average molecular weight is 413 g/mol. The summed E-state index contributed by atoms with van der Waals surface area (Å²) in [6.07, 6.45) is 0. The van der Waals surface area contributed by atoms with Gasteiger partial charge in [-0.25, -0.2) is 0 Å². The Hall–Kier alpha value is -1.60. The third kappa shape index (κ3) is 5.71. The Labute approximate surface area is 168 Å². The van der Waals surface area contributed by atoms with Crippen LogP contribution in [0, 0.1) is 13.8 Å². The van der Waals surface area contributed by atoms with Gasteiger partial charge in [0.1, 0.15) is 0 Å². The molecule has 132 valence electrons. The molecule has 0 unspecified atom stereocenters. The van der Waals surface area contributed by atoms with E-state index in [1.165, 1.54) is 0 Å². The fraction of sp³-hybridized carbons (Fsp3) is 0.176. The number of hydrogen-bond acceptors (Lipinski definition) is 2. The van der Waals surface area contributed by atoms with E-state index in [1.807, 2.05) is 50.2 Å². The van der Waals surface area contributed by atoms with Crippen molar-refractivity contribution in [1.29, 1.82) is 0 Å². The van der Waals surface area contributed by atoms with Crippen molar-refractivity contribution in [1.82, 2.24) is 10.4 Å². The van der Waals surface area contributed by atoms with Crippen molar-refractivity contribution in [3.05, 3.63) is 57.6 Å². The van der Waals surface area contributed by atoms with Gasteiger partial charge in [0, 0.05) is 28.5 Å². The topological polar surface area (TPSA) is 39.3 Å². The SMILES string of the molecule is Cc1ccc(NC(=S)NN(C)C(=S)Nc2ccc(C)c(Cl)c2)cc1Cl. The minimum absolute atomic E-state index is 0.397. The smallest absolute Gasteiger partial charge is 0.192 e. The van der Waals surface area contributed by atoms with E-state index in [0.717, 1.165) is 22.5 Å². The number of hydrogen-bond donors (Lipinski definition) is 3. The van der Waals surface area contributed by atoms with Gasteiger partial charge in [-0.2, -0.15) is 0 Å². The second-order valence-corrected chi connectivity index (χ2v) is 7.09. The molecule has 0 heterocycles. The monoisotopic (exact) mass is 412 g/mol. The molecule has 0 radical (unpaired) electrons. The van der Waals surface area contributed by atoms with E-state index in [2.05, 4.69) is 16.1 Å². The summed E-state index contributed by atoms with van der Waals surface area (Å²) in [6.45, 7) is 3.89. The Kier molecular flexibility index (Phi) is 6.84. The molecule has 0 aliphatic carbocycles. The molecule has 4 nitrogen and oxygen atoms in total. The highest BCUT2D eigenvalue weighted by Crippen LogP contribution is 2.21. The number of rotatable bonds is 2. The lowest BCUT2D eigenvalue weighted by Crippen LogP contribution is -2.46. The standard InChI is InChI=1S/C17H18Cl2N4S2/c1-10-4-6-12(8-14(10)18)20-16(24)22-23(3)17(25)21-13-7-5-11(2)15(19)9-13/h4-9H,1-3H3,(H,21,25)(H2,20,22,24). The Morgan fingerprint density at radius 1 is 0.880 bits per heavy atom. The van der Waals surface area contributed by atoms with Crippen molar-refractivity contribution in [2.45, 2.75) is 13.8 Å². The van der Waals surface area contributed by atoms with Gasteiger partial charge in [-0.1, -0.05) is 35.3 Å². The molecule has 2 rings (SSSR count). The second-order valence-electron chi connectivity index (χ2n) is 5.48. The van der Waals surface area contributed by atoms with Crippen molar-refractivity contribution in [3.8, 4) is 0 Å². The predicted molar refractivity (Wildman–Crippen MR) is 116 cm³/mol. The molecule has 0 fully saturated rings. The maximum absolute atomic E-state index is 6.12. The van der Waals surface area contributed by atoms with Crippen molar-refractivity contribution in [2.75, 3.05) is 17.7 Å². The van der Waals surface area contributed by atoms with Gasteiger partial charge in [-0.05, 0) is 73.7 Å². The van der Waals surface area contributed by atoms with Crippen LogP contribution in [-0.4, -0.2) is 22.3 Å². The normalized spacial score (nSPS) is 10.1. The van der Waals surface area contributed by atoms with Gasteiger partial charge in [0.25, 0.3) is 0 Å². The van der Waals surface area contributed by atoms with Gasteiger partial charge in [0.2, 0.25) is 0 Å². The lowest BCUT2D eigenvalue weighted by molar-refractivity contribution is 0.467. The van der Waals surface area contributed by atoms with Gasteiger partial charge in [0.05, 0.1) is 0 Å². The molecule has 0 bridgehead atoms. The third-order valence-corrected chi connectivity index (χ3v) is 4.81. The highest BCUT2D eigenvalue weighted by atomic mass is 35.5. The molecular weight excluding hydrogens is 395 g/mol. The van der Waals surface area contributed by atoms with Crippen LogP contribution >= 0.6 is 47.6 Å². The molecule has 0 saturated heterocycles. The summed E-state index contributed by atoms with van der Waals surface area (Å²) < 4.78 is 0. The second kappa shape index (κ2) is 8.67. The summed E-state index contributed by atoms with van der Waals surface area (Å²) in [5.41, 5.74) is 6.59. The number of nitrogens with zero attached hydrogens (tertiary/aromatic N) is 1. The van der Waals surface area contributed by atoms with Crippen molar-refractivity contribution in [3.63, 3.8) is 0 Å². The van der Waals surface area contributed by atoms with E-state index in [0.29, 0.717) is 20.3 Å². The van der Waals surface area contributed by atoms with Crippen LogP contribution in [0.25, 0.3) is 0 Å². The first kappa shape index (κ1) is 19.7. The number of aryl methyl sites for hydroxylation is 2. The fourth-order valence-corrected chi connectivity index (χ4v) is 2.69.